The number of anilines is 1. The largest absolute Gasteiger partial charge is 0.338 e. The Balaban J connectivity index is 1.41. The summed E-state index contributed by atoms with van der Waals surface area (Å²) < 4.78 is 28.0. The van der Waals surface area contributed by atoms with Gasteiger partial charge in [-0.2, -0.15) is 0 Å². The second kappa shape index (κ2) is 7.67. The molecule has 0 radical (unpaired) electrons. The average Bonchev–Trinajstić information content (AvgIpc) is 3.38. The second-order valence-corrected chi connectivity index (χ2v) is 11.1. The highest BCUT2D eigenvalue weighted by Crippen LogP contribution is 2.44. The molecule has 2 N–H and O–H groups in total. The summed E-state index contributed by atoms with van der Waals surface area (Å²) in [5.74, 6) is 0.468. The highest BCUT2D eigenvalue weighted by Gasteiger charge is 2.31. The first-order valence-corrected chi connectivity index (χ1v) is 13.3. The highest BCUT2D eigenvalue weighted by molar-refractivity contribution is 7.90. The monoisotopic (exact) mass is 479 g/mol. The Morgan fingerprint density at radius 3 is 2.91 bits per heavy atom. The van der Waals surface area contributed by atoms with Crippen LogP contribution < -0.4 is 5.32 Å². The number of carbonyl (C=O) groups is 1. The van der Waals surface area contributed by atoms with Crippen molar-refractivity contribution in [1.82, 2.24) is 14.9 Å². The van der Waals surface area contributed by atoms with E-state index in [0.29, 0.717) is 0 Å². The fourth-order valence-corrected chi connectivity index (χ4v) is 6.81. The number of H-pyrrole nitrogens is 1. The molecule has 2 aromatic heterocycles. The van der Waals surface area contributed by atoms with Crippen LogP contribution in [-0.4, -0.2) is 47.3 Å². The Labute approximate surface area is 194 Å². The van der Waals surface area contributed by atoms with Gasteiger partial charge in [0.2, 0.25) is 0 Å². The normalized spacial score (nSPS) is 19.0. The van der Waals surface area contributed by atoms with Crippen LogP contribution in [0.3, 0.4) is 0 Å². The molecule has 0 unspecified atom stereocenters. The number of amides is 1. The number of hydrogen-bond donors (Lipinski definition) is 2. The molecule has 8 nitrogen and oxygen atoms in total. The third-order valence-corrected chi connectivity index (χ3v) is 8.48. The van der Waals surface area contributed by atoms with Gasteiger partial charge < -0.3 is 15.2 Å². The van der Waals surface area contributed by atoms with Crippen molar-refractivity contribution in [1.29, 1.82) is 0 Å². The van der Waals surface area contributed by atoms with Crippen molar-refractivity contribution in [3.05, 3.63) is 58.6 Å². The molecule has 3 aliphatic rings. The molecule has 0 spiro atoms. The number of fused-ring (bicyclic) bond motifs is 3. The van der Waals surface area contributed by atoms with E-state index in [2.05, 4.69) is 14.7 Å². The van der Waals surface area contributed by atoms with Gasteiger partial charge in [-0.15, -0.1) is 15.7 Å². The maximum absolute atomic E-state index is 13.4. The quantitative estimate of drug-likeness (QED) is 0.597. The Morgan fingerprint density at radius 2 is 2.03 bits per heavy atom. The van der Waals surface area contributed by atoms with E-state index in [-0.39, 0.29) is 29.6 Å². The highest BCUT2D eigenvalue weighted by atomic mass is 32.2. The SMILES string of the molecule is O=C(Nc1sc2c(c1-c1nc3ccccc3[nH]1)CCCC2)C1=CC=CN2CCS(=O)(=O)N=C12. The third kappa shape index (κ3) is 3.59. The average molecular weight is 480 g/mol. The number of aryl methyl sites for hydroxylation is 1. The maximum Gasteiger partial charge on any atom is 0.260 e. The molecule has 1 aliphatic carbocycles. The number of thiophene rings is 1. The number of carbonyl (C=O) groups excluding carboxylic acids is 1. The molecule has 0 saturated carbocycles. The standard InChI is InChI=1S/C23H21N5O3S2/c29-22(15-7-5-11-28-12-13-33(30,31)27-21(15)28)26-23-19(14-6-1-4-10-18(14)32-23)20-24-16-8-2-3-9-17(16)25-20/h2-3,5,7-9,11H,1,4,6,10,12-13H2,(H,24,25)(H,26,29). The number of imidazole rings is 1. The maximum atomic E-state index is 13.4. The number of nitrogens with zero attached hydrogens (tertiary/aromatic N) is 3. The first-order valence-electron chi connectivity index (χ1n) is 10.9. The molecule has 2 aliphatic heterocycles. The van der Waals surface area contributed by atoms with Crippen LogP contribution in [0.15, 0.2) is 52.6 Å². The number of amidine groups is 1. The van der Waals surface area contributed by atoms with E-state index in [1.165, 1.54) is 10.4 Å². The minimum absolute atomic E-state index is 0.0659. The minimum Gasteiger partial charge on any atom is -0.338 e. The lowest BCUT2D eigenvalue weighted by molar-refractivity contribution is -0.112. The number of hydrogen-bond acceptors (Lipinski definition) is 6. The molecule has 4 heterocycles. The van der Waals surface area contributed by atoms with E-state index in [4.69, 9.17) is 4.98 Å². The van der Waals surface area contributed by atoms with E-state index >= 15 is 0 Å². The second-order valence-electron chi connectivity index (χ2n) is 8.29. The van der Waals surface area contributed by atoms with Crippen LogP contribution in [0.2, 0.25) is 0 Å². The summed E-state index contributed by atoms with van der Waals surface area (Å²) in [4.78, 5) is 24.5. The molecule has 1 aromatic carbocycles. The van der Waals surface area contributed by atoms with Gasteiger partial charge in [-0.05, 0) is 55.5 Å². The van der Waals surface area contributed by atoms with Crippen LogP contribution in [0.1, 0.15) is 23.3 Å². The number of benzene rings is 1. The lowest BCUT2D eigenvalue weighted by Crippen LogP contribution is -2.40. The first kappa shape index (κ1) is 20.4. The van der Waals surface area contributed by atoms with Crippen molar-refractivity contribution in [2.24, 2.45) is 4.40 Å². The fourth-order valence-electron chi connectivity index (χ4n) is 4.54. The summed E-state index contributed by atoms with van der Waals surface area (Å²) in [5.41, 5.74) is 4.22. The predicted molar refractivity (Wildman–Crippen MR) is 130 cm³/mol. The van der Waals surface area contributed by atoms with Crippen LogP contribution in [0.5, 0.6) is 0 Å². The van der Waals surface area contributed by atoms with Crippen LogP contribution in [0.4, 0.5) is 5.00 Å². The van der Waals surface area contributed by atoms with Crippen LogP contribution in [0.25, 0.3) is 22.4 Å². The molecular weight excluding hydrogens is 458 g/mol. The van der Waals surface area contributed by atoms with Gasteiger partial charge in [-0.25, -0.2) is 13.4 Å². The number of sulfonamides is 1. The van der Waals surface area contributed by atoms with Crippen molar-refractivity contribution < 1.29 is 13.2 Å². The topological polar surface area (TPSA) is 108 Å². The molecule has 0 fully saturated rings. The van der Waals surface area contributed by atoms with E-state index < -0.39 is 10.0 Å². The summed E-state index contributed by atoms with van der Waals surface area (Å²) in [6, 6.07) is 7.86. The Kier molecular flexibility index (Phi) is 4.73. The van der Waals surface area contributed by atoms with Crippen LogP contribution in [-0.2, 0) is 27.7 Å². The van der Waals surface area contributed by atoms with Crippen molar-refractivity contribution in [3.8, 4) is 11.4 Å². The summed E-state index contributed by atoms with van der Waals surface area (Å²) in [6.07, 6.45) is 9.24. The minimum atomic E-state index is -3.58. The zero-order valence-electron chi connectivity index (χ0n) is 17.7. The first-order chi connectivity index (χ1) is 16.0. The number of aromatic amines is 1. The van der Waals surface area contributed by atoms with Crippen LogP contribution in [0, 0.1) is 0 Å². The van der Waals surface area contributed by atoms with Gasteiger partial charge in [0.25, 0.3) is 15.9 Å². The van der Waals surface area contributed by atoms with Crippen LogP contribution >= 0.6 is 11.3 Å². The molecule has 0 saturated heterocycles. The lowest BCUT2D eigenvalue weighted by atomic mass is 9.95. The number of nitrogens with one attached hydrogen (secondary N) is 2. The molecule has 168 valence electrons. The fraction of sp³-hybridized carbons (Fsp3) is 0.261. The number of rotatable bonds is 3. The van der Waals surface area contributed by atoms with Crippen molar-refractivity contribution in [2.45, 2.75) is 25.7 Å². The van der Waals surface area contributed by atoms with E-state index in [1.807, 2.05) is 24.3 Å². The van der Waals surface area contributed by atoms with Crippen molar-refractivity contribution in [2.75, 3.05) is 17.6 Å². The van der Waals surface area contributed by atoms with Gasteiger partial charge in [-0.3, -0.25) is 4.79 Å². The zero-order chi connectivity index (χ0) is 22.6. The Hall–Kier alpha value is -3.24. The van der Waals surface area contributed by atoms with Crippen molar-refractivity contribution in [3.63, 3.8) is 0 Å². The summed E-state index contributed by atoms with van der Waals surface area (Å²) in [5, 5.41) is 3.78. The van der Waals surface area contributed by atoms with E-state index in [1.54, 1.807) is 34.6 Å². The Morgan fingerprint density at radius 1 is 1.18 bits per heavy atom. The van der Waals surface area contributed by atoms with Gasteiger partial charge in [0.15, 0.2) is 5.84 Å². The smallest absolute Gasteiger partial charge is 0.260 e. The summed E-state index contributed by atoms with van der Waals surface area (Å²) >= 11 is 1.58. The Bertz CT molecular complexity index is 1460. The van der Waals surface area contributed by atoms with E-state index in [0.717, 1.165) is 53.1 Å². The third-order valence-electron chi connectivity index (χ3n) is 6.13. The molecule has 0 bridgehead atoms. The predicted octanol–water partition coefficient (Wildman–Crippen LogP) is 3.61. The molecule has 10 heteroatoms. The van der Waals surface area contributed by atoms with Gasteiger partial charge in [0, 0.05) is 17.6 Å². The molecule has 3 aromatic rings. The lowest BCUT2D eigenvalue weighted by Gasteiger charge is -2.28. The zero-order valence-corrected chi connectivity index (χ0v) is 19.3. The molecule has 0 atom stereocenters. The van der Waals surface area contributed by atoms with Crippen molar-refractivity contribution >= 4 is 49.1 Å². The molecule has 33 heavy (non-hydrogen) atoms. The number of aromatic nitrogens is 2. The molecule has 6 rings (SSSR count). The van der Waals surface area contributed by atoms with Gasteiger partial charge in [0.1, 0.15) is 10.8 Å². The number of para-hydroxylation sites is 2. The molecule has 1 amide bonds. The molecular formula is C23H21N5O3S2. The van der Waals surface area contributed by atoms with Gasteiger partial charge in [-0.1, -0.05) is 12.1 Å². The van der Waals surface area contributed by atoms with Gasteiger partial charge >= 0.3 is 0 Å². The number of allylic oxidation sites excluding steroid dienone is 2. The summed E-state index contributed by atoms with van der Waals surface area (Å²) in [6.45, 7) is 0.278. The summed E-state index contributed by atoms with van der Waals surface area (Å²) in [7, 11) is -3.58. The van der Waals surface area contributed by atoms with E-state index in [9.17, 15) is 13.2 Å². The van der Waals surface area contributed by atoms with Gasteiger partial charge in [0.05, 0.1) is 27.9 Å².